The highest BCUT2D eigenvalue weighted by molar-refractivity contribution is 7.99. The predicted molar refractivity (Wildman–Crippen MR) is 184 cm³/mol. The van der Waals surface area contributed by atoms with Gasteiger partial charge in [-0.05, 0) is 49.4 Å². The first-order valence-electron chi connectivity index (χ1n) is 16.7. The minimum atomic E-state index is -0.459. The van der Waals surface area contributed by atoms with E-state index in [1.54, 1.807) is 12.1 Å². The van der Waals surface area contributed by atoms with Gasteiger partial charge in [-0.1, -0.05) is 18.6 Å². The molecule has 0 amide bonds. The topological polar surface area (TPSA) is 148 Å². The Hall–Kier alpha value is -2.69. The standard InChI is InChI=1S/C34H53N5O8S/c1-42-33(40)31-10-6-8-28(36-31)24-38-13-17-44-21-22-45-18-14-39(25-29-9-7-11-32(37-29)34(41)43-2)16-20-47-30(26-46-19-15-38)27-48-23-5-3-4-12-35/h6-11,30H,3-5,12-27,35H2,1-2H3/t30-/m0/s1. The molecule has 13 nitrogen and oxygen atoms in total. The van der Waals surface area contributed by atoms with E-state index in [0.717, 1.165) is 48.7 Å². The van der Waals surface area contributed by atoms with Crippen molar-refractivity contribution in [2.24, 2.45) is 5.73 Å². The molecule has 0 unspecified atom stereocenters. The Balaban J connectivity index is 1.62. The van der Waals surface area contributed by atoms with E-state index in [2.05, 4.69) is 19.8 Å². The Bertz CT molecular complexity index is 1200. The molecule has 1 fully saturated rings. The lowest BCUT2D eigenvalue weighted by atomic mass is 10.2. The molecule has 3 heterocycles. The lowest BCUT2D eigenvalue weighted by molar-refractivity contribution is -0.0238. The summed E-state index contributed by atoms with van der Waals surface area (Å²) in [5.74, 6) is 0.964. The van der Waals surface area contributed by atoms with E-state index in [-0.39, 0.29) is 17.5 Å². The normalized spacial score (nSPS) is 18.4. The molecule has 1 atom stereocenters. The second-order valence-corrected chi connectivity index (χ2v) is 12.4. The first-order chi connectivity index (χ1) is 23.5. The van der Waals surface area contributed by atoms with Crippen molar-refractivity contribution in [1.29, 1.82) is 0 Å². The molecule has 0 spiro atoms. The lowest BCUT2D eigenvalue weighted by Crippen LogP contribution is -2.35. The first kappa shape index (κ1) is 39.7. The summed E-state index contributed by atoms with van der Waals surface area (Å²) in [6, 6.07) is 10.7. The summed E-state index contributed by atoms with van der Waals surface area (Å²) in [7, 11) is 2.70. The van der Waals surface area contributed by atoms with Crippen molar-refractivity contribution in [3.05, 3.63) is 59.2 Å². The molecule has 2 aromatic rings. The number of nitrogens with zero attached hydrogens (tertiary/aromatic N) is 4. The van der Waals surface area contributed by atoms with Crippen LogP contribution in [0, 0.1) is 0 Å². The maximum Gasteiger partial charge on any atom is 0.356 e. The minimum absolute atomic E-state index is 0.0718. The van der Waals surface area contributed by atoms with E-state index >= 15 is 0 Å². The molecule has 14 heteroatoms. The number of nitrogens with two attached hydrogens (primary N) is 1. The van der Waals surface area contributed by atoms with E-state index in [0.29, 0.717) is 85.5 Å². The van der Waals surface area contributed by atoms with Crippen LogP contribution in [0.1, 0.15) is 51.6 Å². The minimum Gasteiger partial charge on any atom is -0.464 e. The quantitative estimate of drug-likeness (QED) is 0.242. The third-order valence-electron chi connectivity index (χ3n) is 7.56. The third kappa shape index (κ3) is 16.1. The van der Waals surface area contributed by atoms with Gasteiger partial charge in [0.05, 0.1) is 78.0 Å². The number of hydrogen-bond donors (Lipinski definition) is 1. The van der Waals surface area contributed by atoms with Gasteiger partial charge in [0.15, 0.2) is 0 Å². The number of ether oxygens (including phenoxy) is 6. The van der Waals surface area contributed by atoms with Crippen molar-refractivity contribution in [3.8, 4) is 0 Å². The lowest BCUT2D eigenvalue weighted by Gasteiger charge is -2.25. The van der Waals surface area contributed by atoms with Gasteiger partial charge in [-0.25, -0.2) is 19.6 Å². The number of pyridine rings is 2. The summed E-state index contributed by atoms with van der Waals surface area (Å²) in [4.78, 5) is 37.4. The molecule has 268 valence electrons. The Morgan fingerprint density at radius 1 is 0.771 bits per heavy atom. The molecule has 1 saturated heterocycles. The highest BCUT2D eigenvalue weighted by atomic mass is 32.2. The molecule has 0 bridgehead atoms. The molecule has 0 aliphatic carbocycles. The van der Waals surface area contributed by atoms with Crippen LogP contribution >= 0.6 is 11.8 Å². The van der Waals surface area contributed by atoms with E-state index in [4.69, 9.17) is 34.2 Å². The van der Waals surface area contributed by atoms with Crippen LogP contribution in [0.25, 0.3) is 0 Å². The summed E-state index contributed by atoms with van der Waals surface area (Å²) >= 11 is 1.88. The molecule has 2 N–H and O–H groups in total. The average molecular weight is 692 g/mol. The molecule has 0 aromatic carbocycles. The zero-order chi connectivity index (χ0) is 34.2. The maximum atomic E-state index is 12.0. The van der Waals surface area contributed by atoms with Crippen LogP contribution in [0.4, 0.5) is 0 Å². The van der Waals surface area contributed by atoms with E-state index in [1.807, 2.05) is 36.0 Å². The van der Waals surface area contributed by atoms with Gasteiger partial charge in [0.25, 0.3) is 0 Å². The summed E-state index contributed by atoms with van der Waals surface area (Å²) in [5, 5.41) is 0. The fourth-order valence-corrected chi connectivity index (χ4v) is 5.95. The number of esters is 2. The van der Waals surface area contributed by atoms with Crippen molar-refractivity contribution in [1.82, 2.24) is 19.8 Å². The zero-order valence-electron chi connectivity index (χ0n) is 28.5. The number of unbranched alkanes of at least 4 members (excludes halogenated alkanes) is 2. The van der Waals surface area contributed by atoms with Crippen molar-refractivity contribution in [3.63, 3.8) is 0 Å². The number of thioether (sulfide) groups is 1. The van der Waals surface area contributed by atoms with Crippen molar-refractivity contribution >= 4 is 23.7 Å². The van der Waals surface area contributed by atoms with E-state index in [1.165, 1.54) is 14.2 Å². The largest absolute Gasteiger partial charge is 0.464 e. The maximum absolute atomic E-state index is 12.0. The predicted octanol–water partition coefficient (Wildman–Crippen LogP) is 2.66. The Morgan fingerprint density at radius 2 is 1.31 bits per heavy atom. The summed E-state index contributed by atoms with van der Waals surface area (Å²) < 4.78 is 34.1. The molecule has 0 radical (unpaired) electrons. The molecular formula is C34H53N5O8S. The molecule has 48 heavy (non-hydrogen) atoms. The fourth-order valence-electron chi connectivity index (χ4n) is 4.92. The Morgan fingerprint density at radius 3 is 1.85 bits per heavy atom. The summed E-state index contributed by atoms with van der Waals surface area (Å²) in [6.07, 6.45) is 3.23. The van der Waals surface area contributed by atoms with Crippen molar-refractivity contribution < 1.29 is 38.0 Å². The Kier molecular flexibility index (Phi) is 20.2. The Labute approximate surface area is 289 Å². The van der Waals surface area contributed by atoms with Crippen LogP contribution in [0.3, 0.4) is 0 Å². The average Bonchev–Trinajstić information content (AvgIpc) is 3.11. The number of hydrogen-bond acceptors (Lipinski definition) is 14. The molecule has 1 aliphatic rings. The highest BCUT2D eigenvalue weighted by Gasteiger charge is 2.16. The van der Waals surface area contributed by atoms with Crippen molar-refractivity contribution in [2.75, 3.05) is 105 Å². The number of rotatable bonds is 13. The van der Waals surface area contributed by atoms with Crippen LogP contribution in [0.2, 0.25) is 0 Å². The van der Waals surface area contributed by atoms with Crippen molar-refractivity contribution in [2.45, 2.75) is 38.5 Å². The number of methoxy groups -OCH3 is 2. The summed E-state index contributed by atoms with van der Waals surface area (Å²) in [5.41, 5.74) is 7.76. The number of aromatic nitrogens is 2. The van der Waals surface area contributed by atoms with E-state index in [9.17, 15) is 9.59 Å². The van der Waals surface area contributed by atoms with Gasteiger partial charge in [-0.15, -0.1) is 0 Å². The van der Waals surface area contributed by atoms with Crippen LogP contribution in [-0.2, 0) is 41.5 Å². The summed E-state index contributed by atoms with van der Waals surface area (Å²) in [6.45, 7) is 7.92. The van der Waals surface area contributed by atoms with Gasteiger partial charge in [0, 0.05) is 45.0 Å². The second-order valence-electron chi connectivity index (χ2n) is 11.3. The smallest absolute Gasteiger partial charge is 0.356 e. The zero-order valence-corrected chi connectivity index (χ0v) is 29.3. The molecule has 2 aromatic heterocycles. The van der Waals surface area contributed by atoms with Gasteiger partial charge in [0.1, 0.15) is 11.4 Å². The van der Waals surface area contributed by atoms with E-state index < -0.39 is 11.9 Å². The fraction of sp³-hybridized carbons (Fsp3) is 0.647. The highest BCUT2D eigenvalue weighted by Crippen LogP contribution is 2.12. The van der Waals surface area contributed by atoms with Crippen LogP contribution in [0.15, 0.2) is 36.4 Å². The molecular weight excluding hydrogens is 638 g/mol. The van der Waals surface area contributed by atoms with Gasteiger partial charge < -0.3 is 34.2 Å². The van der Waals surface area contributed by atoms with Gasteiger partial charge in [0.2, 0.25) is 0 Å². The first-order valence-corrected chi connectivity index (χ1v) is 17.8. The molecule has 3 rings (SSSR count). The number of carbonyl (C=O) groups is 2. The van der Waals surface area contributed by atoms with Crippen LogP contribution in [-0.4, -0.2) is 143 Å². The van der Waals surface area contributed by atoms with Gasteiger partial charge >= 0.3 is 11.9 Å². The SMILES string of the molecule is COC(=O)c1cccc(CN2CCOCCOCCN(Cc3cccc(C(=O)OC)n3)CCO[C@H](CSCCCCCN)COCC2)n1. The van der Waals surface area contributed by atoms with Gasteiger partial charge in [-0.2, -0.15) is 11.8 Å². The van der Waals surface area contributed by atoms with Crippen LogP contribution in [0.5, 0.6) is 0 Å². The second kappa shape index (κ2) is 24.4. The molecule has 1 aliphatic heterocycles. The third-order valence-corrected chi connectivity index (χ3v) is 8.75. The number of carbonyl (C=O) groups excluding carboxylic acids is 2. The van der Waals surface area contributed by atoms with Crippen LogP contribution < -0.4 is 5.73 Å². The van der Waals surface area contributed by atoms with Gasteiger partial charge in [-0.3, -0.25) is 9.80 Å². The monoisotopic (exact) mass is 691 g/mol. The molecule has 0 saturated carbocycles.